The molecule has 0 spiro atoms. The van der Waals surface area contributed by atoms with Crippen molar-refractivity contribution in [3.8, 4) is 0 Å². The molecule has 1 aliphatic carbocycles. The van der Waals surface area contributed by atoms with Gasteiger partial charge in [0.15, 0.2) is 0 Å². The Balaban J connectivity index is 1.87. The molecule has 1 N–H and O–H groups in total. The predicted molar refractivity (Wildman–Crippen MR) is 72.2 cm³/mol. The lowest BCUT2D eigenvalue weighted by Gasteiger charge is -2.28. The van der Waals surface area contributed by atoms with Crippen LogP contribution in [0.5, 0.6) is 0 Å². The van der Waals surface area contributed by atoms with Gasteiger partial charge in [0.25, 0.3) is 0 Å². The highest BCUT2D eigenvalue weighted by molar-refractivity contribution is 7.99. The van der Waals surface area contributed by atoms with Gasteiger partial charge in [-0.2, -0.15) is 11.8 Å². The summed E-state index contributed by atoms with van der Waals surface area (Å²) in [6.07, 6.45) is 9.34. The lowest BCUT2D eigenvalue weighted by molar-refractivity contribution is 0.472. The molecule has 0 aromatic carbocycles. The van der Waals surface area contributed by atoms with Crippen LogP contribution in [0.25, 0.3) is 0 Å². The average Bonchev–Trinajstić information content (AvgIpc) is 2.30. The first-order valence-corrected chi connectivity index (χ1v) is 7.28. The monoisotopic (exact) mass is 236 g/mol. The van der Waals surface area contributed by atoms with Crippen molar-refractivity contribution in [1.82, 2.24) is 4.98 Å². The molecule has 3 heteroatoms. The van der Waals surface area contributed by atoms with E-state index in [0.717, 1.165) is 11.1 Å². The van der Waals surface area contributed by atoms with Crippen LogP contribution in [0.4, 0.5) is 5.82 Å². The Kier molecular flexibility index (Phi) is 4.10. The molecule has 0 radical (unpaired) electrons. The summed E-state index contributed by atoms with van der Waals surface area (Å²) in [5.41, 5.74) is 1.27. The Labute approximate surface area is 102 Å². The molecule has 1 heterocycles. The van der Waals surface area contributed by atoms with Crippen LogP contribution in [0.3, 0.4) is 0 Å². The summed E-state index contributed by atoms with van der Waals surface area (Å²) in [6, 6.07) is 4.79. The largest absolute Gasteiger partial charge is 0.367 e. The molecule has 2 rings (SSSR count). The molecule has 0 aliphatic heterocycles. The highest BCUT2D eigenvalue weighted by atomic mass is 32.2. The molecule has 1 aliphatic rings. The quantitative estimate of drug-likeness (QED) is 0.869. The Morgan fingerprint density at radius 1 is 1.31 bits per heavy atom. The zero-order valence-corrected chi connectivity index (χ0v) is 10.9. The minimum absolute atomic E-state index is 0.623. The minimum atomic E-state index is 0.623. The van der Waals surface area contributed by atoms with E-state index in [2.05, 4.69) is 29.5 Å². The number of rotatable bonds is 3. The molecule has 1 aromatic rings. The van der Waals surface area contributed by atoms with Crippen molar-refractivity contribution in [2.45, 2.75) is 43.9 Å². The van der Waals surface area contributed by atoms with Gasteiger partial charge >= 0.3 is 0 Å². The molecule has 0 amide bonds. The number of aromatic nitrogens is 1. The number of nitrogens with zero attached hydrogens (tertiary/aromatic N) is 1. The highest BCUT2D eigenvalue weighted by Gasteiger charge is 2.20. The highest BCUT2D eigenvalue weighted by Crippen LogP contribution is 2.28. The number of aryl methyl sites for hydroxylation is 1. The molecule has 0 unspecified atom stereocenters. The molecule has 88 valence electrons. The fourth-order valence-electron chi connectivity index (χ4n) is 2.27. The Hall–Kier alpha value is -0.700. The number of pyridine rings is 1. The van der Waals surface area contributed by atoms with Crippen molar-refractivity contribution in [3.63, 3.8) is 0 Å². The average molecular weight is 236 g/mol. The van der Waals surface area contributed by atoms with Crippen LogP contribution >= 0.6 is 11.8 Å². The van der Waals surface area contributed by atoms with Crippen molar-refractivity contribution >= 4 is 17.6 Å². The molecule has 16 heavy (non-hydrogen) atoms. The number of hydrogen-bond donors (Lipinski definition) is 1. The second-order valence-electron chi connectivity index (χ2n) is 4.57. The molecule has 0 atom stereocenters. The Morgan fingerprint density at radius 3 is 2.69 bits per heavy atom. The zero-order chi connectivity index (χ0) is 11.4. The van der Waals surface area contributed by atoms with Crippen LogP contribution in [0.2, 0.25) is 0 Å². The summed E-state index contributed by atoms with van der Waals surface area (Å²) in [6.45, 7) is 2.11. The Morgan fingerprint density at radius 2 is 2.06 bits per heavy atom. The lowest BCUT2D eigenvalue weighted by atomic mass is 9.95. The molecule has 0 bridgehead atoms. The zero-order valence-electron chi connectivity index (χ0n) is 10.1. The van der Waals surface area contributed by atoms with Gasteiger partial charge in [-0.1, -0.05) is 0 Å². The summed E-state index contributed by atoms with van der Waals surface area (Å²) in [4.78, 5) is 4.36. The predicted octanol–water partition coefficient (Wildman–Crippen LogP) is 3.48. The number of thioether (sulfide) groups is 1. The molecular weight excluding hydrogens is 216 g/mol. The molecule has 1 saturated carbocycles. The third kappa shape index (κ3) is 3.14. The summed E-state index contributed by atoms with van der Waals surface area (Å²) < 4.78 is 0. The number of hydrogen-bond acceptors (Lipinski definition) is 3. The maximum atomic E-state index is 4.36. The number of nitrogens with one attached hydrogen (secondary N) is 1. The van der Waals surface area contributed by atoms with Crippen LogP contribution < -0.4 is 5.32 Å². The van der Waals surface area contributed by atoms with Crippen LogP contribution in [-0.2, 0) is 0 Å². The Bertz CT molecular complexity index is 332. The molecule has 2 nitrogen and oxygen atoms in total. The fraction of sp³-hybridized carbons (Fsp3) is 0.615. The van der Waals surface area contributed by atoms with Gasteiger partial charge in [-0.05, 0) is 56.6 Å². The fourth-order valence-corrected chi connectivity index (χ4v) is 3.01. The maximum Gasteiger partial charge on any atom is 0.126 e. The van der Waals surface area contributed by atoms with E-state index in [0.29, 0.717) is 6.04 Å². The summed E-state index contributed by atoms with van der Waals surface area (Å²) in [5.74, 6) is 1.03. The van der Waals surface area contributed by atoms with Crippen molar-refractivity contribution in [2.24, 2.45) is 0 Å². The first kappa shape index (κ1) is 11.8. The van der Waals surface area contributed by atoms with Gasteiger partial charge in [0.05, 0.1) is 0 Å². The molecular formula is C13H20N2S. The van der Waals surface area contributed by atoms with Crippen LogP contribution in [-0.4, -0.2) is 22.5 Å². The second kappa shape index (κ2) is 5.58. The van der Waals surface area contributed by atoms with Crippen LogP contribution in [0, 0.1) is 6.92 Å². The lowest BCUT2D eigenvalue weighted by Crippen LogP contribution is -2.27. The molecule has 1 aromatic heterocycles. The van der Waals surface area contributed by atoms with Gasteiger partial charge < -0.3 is 5.32 Å². The molecule has 0 saturated heterocycles. The van der Waals surface area contributed by atoms with E-state index in [1.165, 1.54) is 31.2 Å². The maximum absolute atomic E-state index is 4.36. The van der Waals surface area contributed by atoms with Crippen molar-refractivity contribution in [1.29, 1.82) is 0 Å². The van der Waals surface area contributed by atoms with E-state index in [1.54, 1.807) is 0 Å². The van der Waals surface area contributed by atoms with Gasteiger partial charge in [0, 0.05) is 17.5 Å². The summed E-state index contributed by atoms with van der Waals surface area (Å²) in [5, 5.41) is 4.42. The molecule has 1 fully saturated rings. The smallest absolute Gasteiger partial charge is 0.126 e. The third-order valence-corrected chi connectivity index (χ3v) is 4.41. The normalized spacial score (nSPS) is 25.4. The summed E-state index contributed by atoms with van der Waals surface area (Å²) in [7, 11) is 0. The van der Waals surface area contributed by atoms with E-state index in [4.69, 9.17) is 0 Å². The van der Waals surface area contributed by atoms with Crippen molar-refractivity contribution < 1.29 is 0 Å². The van der Waals surface area contributed by atoms with Crippen LogP contribution in [0.1, 0.15) is 31.2 Å². The van der Waals surface area contributed by atoms with E-state index >= 15 is 0 Å². The van der Waals surface area contributed by atoms with Gasteiger partial charge in [-0.15, -0.1) is 0 Å². The van der Waals surface area contributed by atoms with Crippen molar-refractivity contribution in [3.05, 3.63) is 23.9 Å². The van der Waals surface area contributed by atoms with E-state index < -0.39 is 0 Å². The van der Waals surface area contributed by atoms with Gasteiger partial charge in [0.2, 0.25) is 0 Å². The minimum Gasteiger partial charge on any atom is -0.367 e. The van der Waals surface area contributed by atoms with E-state index in [1.807, 2.05) is 24.0 Å². The number of anilines is 1. The first-order chi connectivity index (χ1) is 7.78. The standard InChI is InChI=1S/C13H20N2S/c1-10-7-8-14-13(9-10)15-11-3-5-12(16-2)6-4-11/h7-9,11-12H,3-6H2,1-2H3,(H,14,15). The van der Waals surface area contributed by atoms with E-state index in [9.17, 15) is 0 Å². The second-order valence-corrected chi connectivity index (χ2v) is 5.71. The van der Waals surface area contributed by atoms with Gasteiger partial charge in [-0.25, -0.2) is 4.98 Å². The topological polar surface area (TPSA) is 24.9 Å². The van der Waals surface area contributed by atoms with Gasteiger partial charge in [-0.3, -0.25) is 0 Å². The van der Waals surface area contributed by atoms with Gasteiger partial charge in [0.1, 0.15) is 5.82 Å². The third-order valence-electron chi connectivity index (χ3n) is 3.27. The first-order valence-electron chi connectivity index (χ1n) is 6.00. The van der Waals surface area contributed by atoms with Crippen molar-refractivity contribution in [2.75, 3.05) is 11.6 Å². The summed E-state index contributed by atoms with van der Waals surface area (Å²) >= 11 is 2.01. The SMILES string of the molecule is CSC1CCC(Nc2cc(C)ccn2)CC1. The van der Waals surface area contributed by atoms with Crippen LogP contribution in [0.15, 0.2) is 18.3 Å². The van der Waals surface area contributed by atoms with E-state index in [-0.39, 0.29) is 0 Å².